The van der Waals surface area contributed by atoms with Gasteiger partial charge in [-0.15, -0.1) is 0 Å². The fraction of sp³-hybridized carbons (Fsp3) is 0.571. The maximum Gasteiger partial charge on any atom is 0.0637 e. The van der Waals surface area contributed by atoms with Crippen molar-refractivity contribution in [1.29, 1.82) is 0 Å². The smallest absolute Gasteiger partial charge is 0.0637 e. The van der Waals surface area contributed by atoms with Gasteiger partial charge in [0.1, 0.15) is 0 Å². The first kappa shape index (κ1) is 16.4. The predicted molar refractivity (Wildman–Crippen MR) is 82.8 cm³/mol. The number of anilines is 1. The molecule has 5 heteroatoms. The molecule has 0 aliphatic rings. The Bertz CT molecular complexity index is 388. The Hall–Kier alpha value is -0.620. The van der Waals surface area contributed by atoms with Crippen molar-refractivity contribution >= 4 is 21.6 Å². The number of hydrogen-bond acceptors (Lipinski definition) is 4. The van der Waals surface area contributed by atoms with Crippen LogP contribution < -0.4 is 10.2 Å². The monoisotopic (exact) mass is 330 g/mol. The molecule has 1 aromatic rings. The molecule has 0 fully saturated rings. The zero-order chi connectivity index (χ0) is 14.3. The zero-order valence-corrected chi connectivity index (χ0v) is 13.4. The molecule has 0 bridgehead atoms. The molecule has 1 aromatic carbocycles. The lowest BCUT2D eigenvalue weighted by molar-refractivity contribution is 0.203. The Morgan fingerprint density at radius 3 is 2.74 bits per heavy atom. The van der Waals surface area contributed by atoms with Crippen molar-refractivity contribution in [2.45, 2.75) is 13.0 Å². The highest BCUT2D eigenvalue weighted by atomic mass is 79.9. The first-order valence-corrected chi connectivity index (χ1v) is 7.24. The van der Waals surface area contributed by atoms with Crippen molar-refractivity contribution in [1.82, 2.24) is 5.32 Å². The van der Waals surface area contributed by atoms with Gasteiger partial charge in [-0.3, -0.25) is 0 Å². The van der Waals surface area contributed by atoms with Crippen LogP contribution in [0.4, 0.5) is 5.69 Å². The summed E-state index contributed by atoms with van der Waals surface area (Å²) in [5, 5.41) is 12.5. The Kier molecular flexibility index (Phi) is 7.38. The van der Waals surface area contributed by atoms with Crippen LogP contribution in [-0.4, -0.2) is 45.6 Å². The number of benzene rings is 1. The maximum absolute atomic E-state index is 9.23. The molecule has 0 spiro atoms. The van der Waals surface area contributed by atoms with Crippen molar-refractivity contribution < 1.29 is 9.84 Å². The van der Waals surface area contributed by atoms with Crippen molar-refractivity contribution in [3.05, 3.63) is 28.2 Å². The standard InChI is InChI=1S/C14H23BrN2O2/c1-11(16-2)13-10-12(15)4-5-14(13)17(6-8-18)7-9-19-3/h4-5,10-11,16,18H,6-9H2,1-3H3. The number of ether oxygens (including phenoxy) is 1. The van der Waals surface area contributed by atoms with Crippen LogP contribution in [0.1, 0.15) is 18.5 Å². The SMILES string of the molecule is CNC(C)c1cc(Br)ccc1N(CCO)CCOC. The molecule has 0 amide bonds. The van der Waals surface area contributed by atoms with E-state index in [9.17, 15) is 5.11 Å². The summed E-state index contributed by atoms with van der Waals surface area (Å²) in [7, 11) is 3.64. The molecule has 1 unspecified atom stereocenters. The van der Waals surface area contributed by atoms with Crippen molar-refractivity contribution in [2.24, 2.45) is 0 Å². The fourth-order valence-electron chi connectivity index (χ4n) is 1.99. The first-order chi connectivity index (χ1) is 9.13. The molecule has 4 nitrogen and oxygen atoms in total. The molecule has 1 atom stereocenters. The third-order valence-corrected chi connectivity index (χ3v) is 3.66. The largest absolute Gasteiger partial charge is 0.395 e. The van der Waals surface area contributed by atoms with E-state index in [0.717, 1.165) is 16.7 Å². The minimum absolute atomic E-state index is 0.132. The molecular formula is C14H23BrN2O2. The summed E-state index contributed by atoms with van der Waals surface area (Å²) in [6, 6.07) is 6.47. The molecule has 0 aromatic heterocycles. The number of nitrogens with zero attached hydrogens (tertiary/aromatic N) is 1. The molecule has 1 rings (SSSR count). The molecular weight excluding hydrogens is 308 g/mol. The van der Waals surface area contributed by atoms with Crippen LogP contribution in [0.15, 0.2) is 22.7 Å². The summed E-state index contributed by atoms with van der Waals surface area (Å²) in [5.74, 6) is 0. The quantitative estimate of drug-likeness (QED) is 0.766. The normalized spacial score (nSPS) is 12.5. The highest BCUT2D eigenvalue weighted by Gasteiger charge is 2.15. The van der Waals surface area contributed by atoms with Gasteiger partial charge in [-0.2, -0.15) is 0 Å². The topological polar surface area (TPSA) is 44.7 Å². The highest BCUT2D eigenvalue weighted by molar-refractivity contribution is 9.10. The average molecular weight is 331 g/mol. The summed E-state index contributed by atoms with van der Waals surface area (Å²) in [6.07, 6.45) is 0. The Labute approximate surface area is 123 Å². The number of hydrogen-bond donors (Lipinski definition) is 2. The summed E-state index contributed by atoms with van der Waals surface area (Å²) >= 11 is 3.51. The third-order valence-electron chi connectivity index (χ3n) is 3.17. The van der Waals surface area contributed by atoms with Crippen LogP contribution >= 0.6 is 15.9 Å². The lowest BCUT2D eigenvalue weighted by Crippen LogP contribution is -2.32. The maximum atomic E-state index is 9.23. The van der Waals surface area contributed by atoms with Gasteiger partial charge in [-0.1, -0.05) is 15.9 Å². The molecule has 0 heterocycles. The van der Waals surface area contributed by atoms with Gasteiger partial charge >= 0.3 is 0 Å². The van der Waals surface area contributed by atoms with Crippen LogP contribution in [0.25, 0.3) is 0 Å². The lowest BCUT2D eigenvalue weighted by Gasteiger charge is -2.28. The van der Waals surface area contributed by atoms with Gasteiger partial charge in [0.15, 0.2) is 0 Å². The number of halogens is 1. The summed E-state index contributed by atoms with van der Waals surface area (Å²) in [4.78, 5) is 2.15. The van der Waals surface area contributed by atoms with Crippen LogP contribution in [0.5, 0.6) is 0 Å². The molecule has 0 aliphatic heterocycles. The Morgan fingerprint density at radius 1 is 1.42 bits per heavy atom. The van der Waals surface area contributed by atoms with E-state index >= 15 is 0 Å². The first-order valence-electron chi connectivity index (χ1n) is 6.45. The minimum Gasteiger partial charge on any atom is -0.395 e. The summed E-state index contributed by atoms with van der Waals surface area (Å²) in [5.41, 5.74) is 2.34. The zero-order valence-electron chi connectivity index (χ0n) is 11.8. The Balaban J connectivity index is 3.05. The molecule has 108 valence electrons. The van der Waals surface area contributed by atoms with Gasteiger partial charge in [-0.05, 0) is 37.7 Å². The van der Waals surface area contributed by atoms with Gasteiger partial charge in [0.2, 0.25) is 0 Å². The molecule has 19 heavy (non-hydrogen) atoms. The van der Waals surface area contributed by atoms with E-state index in [4.69, 9.17) is 4.74 Å². The van der Waals surface area contributed by atoms with Crippen LogP contribution in [-0.2, 0) is 4.74 Å². The number of aliphatic hydroxyl groups is 1. The van der Waals surface area contributed by atoms with Crippen LogP contribution in [0.2, 0.25) is 0 Å². The minimum atomic E-state index is 0.132. The second-order valence-electron chi connectivity index (χ2n) is 4.42. The molecule has 0 aliphatic carbocycles. The van der Waals surface area contributed by atoms with Gasteiger partial charge in [0, 0.05) is 36.4 Å². The van der Waals surface area contributed by atoms with E-state index in [-0.39, 0.29) is 12.6 Å². The van der Waals surface area contributed by atoms with E-state index in [1.54, 1.807) is 7.11 Å². The van der Waals surface area contributed by atoms with Crippen molar-refractivity contribution in [3.8, 4) is 0 Å². The van der Waals surface area contributed by atoms with E-state index in [1.807, 2.05) is 13.1 Å². The van der Waals surface area contributed by atoms with Crippen molar-refractivity contribution in [2.75, 3.05) is 45.4 Å². The number of nitrogens with one attached hydrogen (secondary N) is 1. The second-order valence-corrected chi connectivity index (χ2v) is 5.33. The lowest BCUT2D eigenvalue weighted by atomic mass is 10.1. The predicted octanol–water partition coefficient (Wildman–Crippen LogP) is 2.17. The van der Waals surface area contributed by atoms with Crippen LogP contribution in [0, 0.1) is 0 Å². The van der Waals surface area contributed by atoms with Gasteiger partial charge < -0.3 is 20.1 Å². The van der Waals surface area contributed by atoms with Gasteiger partial charge in [0.25, 0.3) is 0 Å². The van der Waals surface area contributed by atoms with E-state index in [2.05, 4.69) is 45.2 Å². The number of rotatable bonds is 8. The van der Waals surface area contributed by atoms with Crippen molar-refractivity contribution in [3.63, 3.8) is 0 Å². The van der Waals surface area contributed by atoms with E-state index in [0.29, 0.717) is 13.2 Å². The molecule has 0 saturated carbocycles. The number of methoxy groups -OCH3 is 1. The fourth-order valence-corrected chi connectivity index (χ4v) is 2.37. The van der Waals surface area contributed by atoms with E-state index in [1.165, 1.54) is 5.56 Å². The molecule has 0 radical (unpaired) electrons. The average Bonchev–Trinajstić information content (AvgIpc) is 2.42. The van der Waals surface area contributed by atoms with Gasteiger partial charge in [0.05, 0.1) is 13.2 Å². The molecule has 0 saturated heterocycles. The summed E-state index contributed by atoms with van der Waals surface area (Å²) < 4.78 is 6.20. The summed E-state index contributed by atoms with van der Waals surface area (Å²) in [6.45, 7) is 4.27. The Morgan fingerprint density at radius 2 is 2.16 bits per heavy atom. The third kappa shape index (κ3) is 4.76. The highest BCUT2D eigenvalue weighted by Crippen LogP contribution is 2.29. The van der Waals surface area contributed by atoms with E-state index < -0.39 is 0 Å². The number of aliphatic hydroxyl groups excluding tert-OH is 1. The van der Waals surface area contributed by atoms with Crippen LogP contribution in [0.3, 0.4) is 0 Å². The van der Waals surface area contributed by atoms with Gasteiger partial charge in [-0.25, -0.2) is 0 Å². The second kappa shape index (κ2) is 8.53. The molecule has 2 N–H and O–H groups in total.